The molecule has 1 heterocycles. The van der Waals surface area contributed by atoms with Crippen LogP contribution in [-0.4, -0.2) is 53.8 Å². The number of morpholine rings is 1. The summed E-state index contributed by atoms with van der Waals surface area (Å²) >= 11 is 0. The van der Waals surface area contributed by atoms with Gasteiger partial charge in [0.25, 0.3) is 0 Å². The molecule has 1 aliphatic heterocycles. The van der Waals surface area contributed by atoms with Crippen molar-refractivity contribution < 1.29 is 19.4 Å². The van der Waals surface area contributed by atoms with Gasteiger partial charge in [-0.2, -0.15) is 0 Å². The third-order valence-electron chi connectivity index (χ3n) is 3.47. The van der Waals surface area contributed by atoms with Crippen LogP contribution in [0.25, 0.3) is 0 Å². The zero-order chi connectivity index (χ0) is 15.5. The average Bonchev–Trinajstić information content (AvgIpc) is 2.44. The van der Waals surface area contributed by atoms with Gasteiger partial charge < -0.3 is 14.7 Å². The Kier molecular flexibility index (Phi) is 4.47. The first-order valence-electron chi connectivity index (χ1n) is 6.85. The lowest BCUT2D eigenvalue weighted by Crippen LogP contribution is -2.59. The highest BCUT2D eigenvalue weighted by Gasteiger charge is 2.37. The predicted octanol–water partition coefficient (Wildman–Crippen LogP) is 1.81. The molecule has 0 aliphatic carbocycles. The fourth-order valence-electron chi connectivity index (χ4n) is 2.37. The molecule has 114 valence electrons. The van der Waals surface area contributed by atoms with Crippen molar-refractivity contribution >= 4 is 17.7 Å². The SMILES string of the molecule is CC1(C)COCCN1C(=O)N(CC(=O)O)c1ccccc1. The number of hydrogen-bond donors (Lipinski definition) is 1. The number of hydrogen-bond acceptors (Lipinski definition) is 3. The van der Waals surface area contributed by atoms with Crippen molar-refractivity contribution in [3.8, 4) is 0 Å². The van der Waals surface area contributed by atoms with Gasteiger partial charge in [0.1, 0.15) is 6.54 Å². The molecule has 1 aromatic carbocycles. The van der Waals surface area contributed by atoms with E-state index in [9.17, 15) is 9.59 Å². The second-order valence-corrected chi connectivity index (χ2v) is 5.61. The molecule has 2 amide bonds. The van der Waals surface area contributed by atoms with Crippen LogP contribution >= 0.6 is 0 Å². The average molecular weight is 292 g/mol. The minimum absolute atomic E-state index is 0.308. The summed E-state index contributed by atoms with van der Waals surface area (Å²) in [7, 11) is 0. The maximum absolute atomic E-state index is 12.8. The first-order chi connectivity index (χ1) is 9.92. The zero-order valence-corrected chi connectivity index (χ0v) is 12.3. The number of anilines is 1. The number of ether oxygens (including phenoxy) is 1. The molecule has 1 saturated heterocycles. The Morgan fingerprint density at radius 1 is 1.33 bits per heavy atom. The molecule has 0 atom stereocenters. The molecule has 6 heteroatoms. The van der Waals surface area contributed by atoms with Gasteiger partial charge in [0.15, 0.2) is 0 Å². The number of urea groups is 1. The smallest absolute Gasteiger partial charge is 0.325 e. The summed E-state index contributed by atoms with van der Waals surface area (Å²) in [4.78, 5) is 26.8. The lowest BCUT2D eigenvalue weighted by Gasteiger charge is -2.44. The molecule has 1 aliphatic rings. The number of benzene rings is 1. The maximum atomic E-state index is 12.8. The van der Waals surface area contributed by atoms with E-state index < -0.39 is 11.5 Å². The Morgan fingerprint density at radius 3 is 2.57 bits per heavy atom. The van der Waals surface area contributed by atoms with Crippen molar-refractivity contribution in [1.29, 1.82) is 0 Å². The van der Waals surface area contributed by atoms with Crippen LogP contribution in [0.2, 0.25) is 0 Å². The van der Waals surface area contributed by atoms with Gasteiger partial charge in [0.05, 0.1) is 18.8 Å². The lowest BCUT2D eigenvalue weighted by atomic mass is 10.0. The highest BCUT2D eigenvalue weighted by molar-refractivity contribution is 5.96. The van der Waals surface area contributed by atoms with E-state index >= 15 is 0 Å². The lowest BCUT2D eigenvalue weighted by molar-refractivity contribution is -0.135. The third-order valence-corrected chi connectivity index (χ3v) is 3.47. The molecule has 0 bridgehead atoms. The van der Waals surface area contributed by atoms with E-state index in [2.05, 4.69) is 0 Å². The van der Waals surface area contributed by atoms with Crippen molar-refractivity contribution in [2.75, 3.05) is 31.2 Å². The van der Waals surface area contributed by atoms with Crippen LogP contribution in [0.15, 0.2) is 30.3 Å². The quantitative estimate of drug-likeness (QED) is 0.922. The number of para-hydroxylation sites is 1. The summed E-state index contributed by atoms with van der Waals surface area (Å²) in [5.41, 5.74) is 0.119. The van der Waals surface area contributed by atoms with E-state index in [1.807, 2.05) is 19.9 Å². The summed E-state index contributed by atoms with van der Waals surface area (Å²) < 4.78 is 5.40. The molecule has 0 spiro atoms. The van der Waals surface area contributed by atoms with Gasteiger partial charge in [0, 0.05) is 12.2 Å². The van der Waals surface area contributed by atoms with Gasteiger partial charge in [-0.15, -0.1) is 0 Å². The molecule has 6 nitrogen and oxygen atoms in total. The van der Waals surface area contributed by atoms with Crippen LogP contribution in [0.3, 0.4) is 0 Å². The molecule has 0 radical (unpaired) electrons. The second kappa shape index (κ2) is 6.13. The summed E-state index contributed by atoms with van der Waals surface area (Å²) in [6.07, 6.45) is 0. The molecule has 2 rings (SSSR count). The summed E-state index contributed by atoms with van der Waals surface area (Å²) in [6.45, 7) is 4.81. The van der Waals surface area contributed by atoms with Crippen molar-refractivity contribution in [3.05, 3.63) is 30.3 Å². The summed E-state index contributed by atoms with van der Waals surface area (Å²) in [5.74, 6) is -1.04. The van der Waals surface area contributed by atoms with Gasteiger partial charge in [-0.3, -0.25) is 9.69 Å². The topological polar surface area (TPSA) is 70.1 Å². The number of carboxylic acids is 1. The van der Waals surface area contributed by atoms with E-state index in [0.29, 0.717) is 25.4 Å². The molecule has 0 aromatic heterocycles. The van der Waals surface area contributed by atoms with Crippen molar-refractivity contribution in [2.24, 2.45) is 0 Å². The number of amides is 2. The second-order valence-electron chi connectivity index (χ2n) is 5.61. The number of carboxylic acid groups (broad SMARTS) is 1. The molecule has 0 unspecified atom stereocenters. The number of carbonyl (C=O) groups is 2. The Balaban J connectivity index is 2.28. The number of nitrogens with zero attached hydrogens (tertiary/aromatic N) is 2. The highest BCUT2D eigenvalue weighted by Crippen LogP contribution is 2.23. The van der Waals surface area contributed by atoms with Crippen LogP contribution in [0.5, 0.6) is 0 Å². The fourth-order valence-corrected chi connectivity index (χ4v) is 2.37. The minimum atomic E-state index is -1.04. The zero-order valence-electron chi connectivity index (χ0n) is 12.3. The molecule has 1 N–H and O–H groups in total. The number of aliphatic carboxylic acids is 1. The monoisotopic (exact) mass is 292 g/mol. The molecular formula is C15H20N2O4. The Labute approximate surface area is 123 Å². The number of rotatable bonds is 3. The molecule has 1 fully saturated rings. The van der Waals surface area contributed by atoms with Crippen LogP contribution < -0.4 is 4.90 Å². The standard InChI is InChI=1S/C15H20N2O4/c1-15(2)11-21-9-8-17(15)14(20)16(10-13(18)19)12-6-4-3-5-7-12/h3-7H,8-11H2,1-2H3,(H,18,19). The molecule has 0 saturated carbocycles. The van der Waals surface area contributed by atoms with E-state index in [1.165, 1.54) is 4.90 Å². The molecular weight excluding hydrogens is 272 g/mol. The van der Waals surface area contributed by atoms with Crippen LogP contribution in [0.1, 0.15) is 13.8 Å². The van der Waals surface area contributed by atoms with Crippen molar-refractivity contribution in [3.63, 3.8) is 0 Å². The van der Waals surface area contributed by atoms with Gasteiger partial charge in [0.2, 0.25) is 0 Å². The fraction of sp³-hybridized carbons (Fsp3) is 0.467. The largest absolute Gasteiger partial charge is 0.480 e. The van der Waals surface area contributed by atoms with E-state index in [4.69, 9.17) is 9.84 Å². The first-order valence-corrected chi connectivity index (χ1v) is 6.85. The van der Waals surface area contributed by atoms with E-state index in [-0.39, 0.29) is 12.6 Å². The Morgan fingerprint density at radius 2 is 2.00 bits per heavy atom. The Bertz CT molecular complexity index is 516. The van der Waals surface area contributed by atoms with Crippen molar-refractivity contribution in [1.82, 2.24) is 4.90 Å². The first kappa shape index (κ1) is 15.3. The highest BCUT2D eigenvalue weighted by atomic mass is 16.5. The van der Waals surface area contributed by atoms with Crippen LogP contribution in [-0.2, 0) is 9.53 Å². The van der Waals surface area contributed by atoms with Crippen molar-refractivity contribution in [2.45, 2.75) is 19.4 Å². The van der Waals surface area contributed by atoms with Crippen LogP contribution in [0, 0.1) is 0 Å². The molecule has 1 aromatic rings. The van der Waals surface area contributed by atoms with Gasteiger partial charge in [-0.25, -0.2) is 4.79 Å². The van der Waals surface area contributed by atoms with Gasteiger partial charge in [-0.1, -0.05) is 18.2 Å². The molecule has 21 heavy (non-hydrogen) atoms. The predicted molar refractivity (Wildman–Crippen MR) is 78.4 cm³/mol. The van der Waals surface area contributed by atoms with Crippen LogP contribution in [0.4, 0.5) is 10.5 Å². The normalized spacial score (nSPS) is 17.3. The third kappa shape index (κ3) is 3.52. The summed E-state index contributed by atoms with van der Waals surface area (Å²) in [5, 5.41) is 9.09. The number of carbonyl (C=O) groups excluding carboxylic acids is 1. The van der Waals surface area contributed by atoms with E-state index in [1.54, 1.807) is 29.2 Å². The minimum Gasteiger partial charge on any atom is -0.480 e. The maximum Gasteiger partial charge on any atom is 0.325 e. The van der Waals surface area contributed by atoms with Gasteiger partial charge in [-0.05, 0) is 26.0 Å². The Hall–Kier alpha value is -2.08. The van der Waals surface area contributed by atoms with Gasteiger partial charge >= 0.3 is 12.0 Å². The summed E-state index contributed by atoms with van der Waals surface area (Å²) in [6, 6.07) is 8.54. The van der Waals surface area contributed by atoms with E-state index in [0.717, 1.165) is 0 Å².